The Morgan fingerprint density at radius 1 is 0.852 bits per heavy atom. The van der Waals surface area contributed by atoms with Gasteiger partial charge in [0.1, 0.15) is 54.7 Å². The molecule has 1 aliphatic heterocycles. The van der Waals surface area contributed by atoms with E-state index in [1.807, 2.05) is 0 Å². The van der Waals surface area contributed by atoms with Crippen LogP contribution in [0.25, 0.3) is 11.1 Å². The summed E-state index contributed by atoms with van der Waals surface area (Å²) in [5.41, 5.74) is 19.7. The molecule has 0 aromatic heterocycles. The maximum atomic E-state index is 15.5. The van der Waals surface area contributed by atoms with Crippen LogP contribution in [-0.4, -0.2) is 97.6 Å². The van der Waals surface area contributed by atoms with Crippen molar-refractivity contribution in [1.29, 1.82) is 0 Å². The molecular weight excluding hydrogens is 786 g/mol. The first kappa shape index (κ1) is 48.1. The maximum Gasteiger partial charge on any atom is 0.326 e. The Morgan fingerprint density at radius 3 is 2.15 bits per heavy atom. The van der Waals surface area contributed by atoms with E-state index in [4.69, 9.17) is 26.7 Å². The van der Waals surface area contributed by atoms with Gasteiger partial charge in [-0.05, 0) is 92.2 Å². The van der Waals surface area contributed by atoms with E-state index in [1.165, 1.54) is 32.5 Å². The number of benzene rings is 3. The van der Waals surface area contributed by atoms with Crippen molar-refractivity contribution in [2.75, 3.05) is 39.9 Å². The SMILES string of the molecule is CCCCCCCCc1ccc(C(=O)N[C@@H](CCCN)C(=O)N(C)[C@@H]2C(=O)N[C@@H](C)C(=O)N[C@H](C(=O)O)Cc3ccc(OCCN)c(c3)-c3cc2ccc3OCCN)c(F)c1. The fraction of sp³-hybridized carbons (Fsp3) is 0.489. The molecule has 0 saturated heterocycles. The standard InChI is InChI=1S/C45H62FN7O8/c1-4-5-6-7-8-9-11-29-13-16-32(35(46)25-29)42(55)51-36(12-10-19-47)44(57)53(3)40-31-15-18-39(61-23-21-49)34(27-31)33-24-30(14-17-38(33)60-22-20-48)26-37(45(58)59)52-41(54)28(2)50-43(40)56/h13-18,24-25,27-28,36-37,40H,4-12,19-23,26,47-49H2,1-3H3,(H,50,56)(H,51,55)(H,52,54)(H,58,59)/t28-,36-,37-,40-/m0/s1. The number of fused-ring (bicyclic) bond motifs is 5. The van der Waals surface area contributed by atoms with Gasteiger partial charge in [0.25, 0.3) is 5.91 Å². The molecule has 4 rings (SSSR count). The fourth-order valence-corrected chi connectivity index (χ4v) is 7.27. The number of carboxylic acids is 1. The van der Waals surface area contributed by atoms with E-state index in [2.05, 4.69) is 22.9 Å². The molecule has 16 heteroatoms. The summed E-state index contributed by atoms with van der Waals surface area (Å²) < 4.78 is 27.5. The van der Waals surface area contributed by atoms with Crippen molar-refractivity contribution in [1.82, 2.24) is 20.9 Å². The summed E-state index contributed by atoms with van der Waals surface area (Å²) in [6, 6.07) is 9.12. The summed E-state index contributed by atoms with van der Waals surface area (Å²) >= 11 is 0. The molecule has 15 nitrogen and oxygen atoms in total. The van der Waals surface area contributed by atoms with Crippen LogP contribution in [0.5, 0.6) is 11.5 Å². The van der Waals surface area contributed by atoms with Gasteiger partial charge in [0.15, 0.2) is 0 Å². The maximum absolute atomic E-state index is 15.5. The van der Waals surface area contributed by atoms with Crippen LogP contribution in [0, 0.1) is 5.82 Å². The highest BCUT2D eigenvalue weighted by molar-refractivity contribution is 5.99. The fourth-order valence-electron chi connectivity index (χ4n) is 7.27. The van der Waals surface area contributed by atoms with Crippen LogP contribution in [0.2, 0.25) is 0 Å². The lowest BCUT2D eigenvalue weighted by molar-refractivity contribution is -0.143. The number of likely N-dealkylation sites (N-methyl/N-ethyl adjacent to an activating group) is 1. The number of aryl methyl sites for hydroxylation is 1. The van der Waals surface area contributed by atoms with Crippen LogP contribution >= 0.6 is 0 Å². The summed E-state index contributed by atoms with van der Waals surface area (Å²) in [7, 11) is 1.38. The highest BCUT2D eigenvalue weighted by atomic mass is 19.1. The molecular formula is C45H62FN7O8. The van der Waals surface area contributed by atoms with E-state index in [0.29, 0.717) is 46.6 Å². The predicted octanol–water partition coefficient (Wildman–Crippen LogP) is 3.74. The normalized spacial score (nSPS) is 17.0. The van der Waals surface area contributed by atoms with E-state index >= 15 is 4.39 Å². The quantitative estimate of drug-likeness (QED) is 0.0762. The molecule has 4 bridgehead atoms. The molecule has 0 spiro atoms. The molecule has 0 saturated carbocycles. The highest BCUT2D eigenvalue weighted by Crippen LogP contribution is 2.40. The molecule has 10 N–H and O–H groups in total. The Labute approximate surface area is 357 Å². The average Bonchev–Trinajstić information content (AvgIpc) is 3.24. The lowest BCUT2D eigenvalue weighted by Crippen LogP contribution is -2.54. The number of hydrogen-bond donors (Lipinski definition) is 7. The minimum atomic E-state index is -1.42. The lowest BCUT2D eigenvalue weighted by Gasteiger charge is -2.32. The molecule has 332 valence electrons. The zero-order valence-electron chi connectivity index (χ0n) is 35.5. The van der Waals surface area contributed by atoms with Crippen molar-refractivity contribution < 1.29 is 42.9 Å². The summed E-state index contributed by atoms with van der Waals surface area (Å²) in [5, 5.41) is 17.9. The number of nitrogens with zero attached hydrogens (tertiary/aromatic N) is 1. The molecule has 61 heavy (non-hydrogen) atoms. The van der Waals surface area contributed by atoms with Gasteiger partial charge in [-0.15, -0.1) is 0 Å². The Bertz CT molecular complexity index is 1980. The average molecular weight is 848 g/mol. The third-order valence-corrected chi connectivity index (χ3v) is 10.6. The zero-order valence-corrected chi connectivity index (χ0v) is 35.5. The number of nitrogens with two attached hydrogens (primary N) is 3. The van der Waals surface area contributed by atoms with Crippen LogP contribution < -0.4 is 42.6 Å². The van der Waals surface area contributed by atoms with E-state index in [1.54, 1.807) is 42.5 Å². The van der Waals surface area contributed by atoms with Gasteiger partial charge in [0.2, 0.25) is 17.7 Å². The van der Waals surface area contributed by atoms with Gasteiger partial charge in [-0.25, -0.2) is 9.18 Å². The van der Waals surface area contributed by atoms with E-state index in [-0.39, 0.29) is 51.3 Å². The second-order valence-electron chi connectivity index (χ2n) is 15.3. The number of carbonyl (C=O) groups is 5. The van der Waals surface area contributed by atoms with Crippen molar-refractivity contribution in [2.24, 2.45) is 17.2 Å². The summed E-state index contributed by atoms with van der Waals surface area (Å²) in [5.74, 6) is -4.34. The number of halogens is 1. The van der Waals surface area contributed by atoms with Crippen molar-refractivity contribution in [3.8, 4) is 22.6 Å². The Hall–Kier alpha value is -5.58. The molecule has 0 aliphatic carbocycles. The first-order valence-electron chi connectivity index (χ1n) is 21.2. The molecule has 3 aromatic rings. The molecule has 1 heterocycles. The van der Waals surface area contributed by atoms with Crippen LogP contribution in [-0.2, 0) is 32.0 Å². The molecule has 0 unspecified atom stereocenters. The third-order valence-electron chi connectivity index (χ3n) is 10.6. The van der Waals surface area contributed by atoms with Crippen molar-refractivity contribution in [2.45, 2.75) is 102 Å². The van der Waals surface area contributed by atoms with Gasteiger partial charge in [0.05, 0.1) is 5.56 Å². The molecule has 4 atom stereocenters. The van der Waals surface area contributed by atoms with Gasteiger partial charge >= 0.3 is 5.97 Å². The number of nitrogens with one attached hydrogen (secondary N) is 3. The Morgan fingerprint density at radius 2 is 1.51 bits per heavy atom. The van der Waals surface area contributed by atoms with Gasteiger partial charge in [-0.1, -0.05) is 57.2 Å². The van der Waals surface area contributed by atoms with Gasteiger partial charge < -0.3 is 52.6 Å². The number of carboxylic acid groups (broad SMARTS) is 1. The van der Waals surface area contributed by atoms with Crippen molar-refractivity contribution >= 4 is 29.6 Å². The predicted molar refractivity (Wildman–Crippen MR) is 230 cm³/mol. The Kier molecular flexibility index (Phi) is 18.9. The second-order valence-corrected chi connectivity index (χ2v) is 15.3. The monoisotopic (exact) mass is 847 g/mol. The molecule has 0 fully saturated rings. The molecule has 1 aliphatic rings. The summed E-state index contributed by atoms with van der Waals surface area (Å²) in [6.45, 7) is 4.38. The molecule has 4 amide bonds. The minimum absolute atomic E-state index is 0.0681. The van der Waals surface area contributed by atoms with E-state index in [0.717, 1.165) is 42.6 Å². The topological polar surface area (TPSA) is 241 Å². The van der Waals surface area contributed by atoms with Crippen LogP contribution in [0.4, 0.5) is 4.39 Å². The summed E-state index contributed by atoms with van der Waals surface area (Å²) in [4.78, 5) is 69.5. The molecule has 0 radical (unpaired) electrons. The Balaban J connectivity index is 1.76. The summed E-state index contributed by atoms with van der Waals surface area (Å²) in [6.07, 6.45) is 7.49. The number of rotatable bonds is 21. The largest absolute Gasteiger partial charge is 0.492 e. The first-order chi connectivity index (χ1) is 29.3. The second kappa shape index (κ2) is 24.0. The number of ether oxygens (including phenoxy) is 2. The minimum Gasteiger partial charge on any atom is -0.492 e. The van der Waals surface area contributed by atoms with Crippen LogP contribution in [0.1, 0.15) is 98.3 Å². The van der Waals surface area contributed by atoms with E-state index in [9.17, 15) is 29.1 Å². The van der Waals surface area contributed by atoms with Gasteiger partial charge in [-0.3, -0.25) is 19.2 Å². The zero-order chi connectivity index (χ0) is 44.5. The third kappa shape index (κ3) is 13.5. The number of unbranched alkanes of at least 4 members (excludes halogenated alkanes) is 5. The van der Waals surface area contributed by atoms with Gasteiger partial charge in [-0.2, -0.15) is 0 Å². The van der Waals surface area contributed by atoms with Crippen LogP contribution in [0.15, 0.2) is 54.6 Å². The molecule has 3 aromatic carbocycles. The number of carbonyl (C=O) groups excluding carboxylic acids is 4. The highest BCUT2D eigenvalue weighted by Gasteiger charge is 2.36. The smallest absolute Gasteiger partial charge is 0.326 e. The van der Waals surface area contributed by atoms with Gasteiger partial charge in [0, 0.05) is 37.7 Å². The number of hydrogen-bond acceptors (Lipinski definition) is 10. The first-order valence-corrected chi connectivity index (χ1v) is 21.2. The van der Waals surface area contributed by atoms with Crippen LogP contribution in [0.3, 0.4) is 0 Å². The van der Waals surface area contributed by atoms with Crippen molar-refractivity contribution in [3.63, 3.8) is 0 Å². The number of aliphatic carboxylic acids is 1. The van der Waals surface area contributed by atoms with Crippen molar-refractivity contribution in [3.05, 3.63) is 82.7 Å². The number of amides is 4. The lowest BCUT2D eigenvalue weighted by atomic mass is 9.93. The van der Waals surface area contributed by atoms with E-state index < -0.39 is 59.6 Å².